The average Bonchev–Trinajstić information content (AvgIpc) is 3.45. The van der Waals surface area contributed by atoms with Crippen molar-refractivity contribution in [2.45, 2.75) is 83.1 Å². The Hall–Kier alpha value is -4.24. The van der Waals surface area contributed by atoms with Crippen LogP contribution in [0.4, 0.5) is 19.0 Å². The molecule has 2 N–H and O–H groups in total. The number of hydrogen-bond donors (Lipinski definition) is 2. The number of carbonyl (C=O) groups excluding carboxylic acids is 2. The Kier molecular flexibility index (Phi) is 10.1. The van der Waals surface area contributed by atoms with Crippen molar-refractivity contribution in [1.82, 2.24) is 20.2 Å². The van der Waals surface area contributed by atoms with Crippen LogP contribution in [0.2, 0.25) is 0 Å². The molecule has 2 fully saturated rings. The molecule has 3 aromatic rings. The van der Waals surface area contributed by atoms with Gasteiger partial charge in [0.05, 0.1) is 12.2 Å². The summed E-state index contributed by atoms with van der Waals surface area (Å²) in [6, 6.07) is 7.38. The van der Waals surface area contributed by atoms with Gasteiger partial charge in [-0.25, -0.2) is 4.98 Å². The first-order chi connectivity index (χ1) is 24.1. The van der Waals surface area contributed by atoms with E-state index in [2.05, 4.69) is 15.2 Å². The second-order valence-corrected chi connectivity index (χ2v) is 14.5. The number of benzene rings is 1. The van der Waals surface area contributed by atoms with Crippen molar-refractivity contribution in [3.63, 3.8) is 0 Å². The number of piperidine rings is 1. The number of alkyl halides is 3. The predicted molar refractivity (Wildman–Crippen MR) is 186 cm³/mol. The molecule has 0 bridgehead atoms. The highest BCUT2D eigenvalue weighted by atomic mass is 32.2. The zero-order valence-electron chi connectivity index (χ0n) is 29.4. The molecule has 3 unspecified atom stereocenters. The molecule has 2 saturated heterocycles. The predicted octanol–water partition coefficient (Wildman–Crippen LogP) is 5.61. The quantitative estimate of drug-likeness (QED) is 0.299. The van der Waals surface area contributed by atoms with Crippen LogP contribution in [0.1, 0.15) is 60.8 Å². The molecule has 51 heavy (non-hydrogen) atoms. The number of thioether (sulfide) groups is 1. The number of likely N-dealkylation sites (tertiary alicyclic amines) is 1. The molecule has 0 saturated carbocycles. The number of halogens is 3. The number of nitrogens with one attached hydrogen (secondary N) is 2. The summed E-state index contributed by atoms with van der Waals surface area (Å²) in [5, 5.41) is 2.90. The maximum absolute atomic E-state index is 13.9. The summed E-state index contributed by atoms with van der Waals surface area (Å²) in [4.78, 5) is 49.8. The summed E-state index contributed by atoms with van der Waals surface area (Å²) < 4.78 is 58.4. The van der Waals surface area contributed by atoms with Crippen LogP contribution in [0, 0.1) is 19.8 Å². The second-order valence-electron chi connectivity index (χ2n) is 13.6. The molecule has 3 atom stereocenters. The Bertz CT molecular complexity index is 1870. The van der Waals surface area contributed by atoms with Crippen LogP contribution in [-0.4, -0.2) is 83.3 Å². The number of pyridine rings is 2. The third kappa shape index (κ3) is 7.41. The van der Waals surface area contributed by atoms with Crippen LogP contribution in [0.25, 0.3) is 11.1 Å². The van der Waals surface area contributed by atoms with Gasteiger partial charge in [0.1, 0.15) is 5.82 Å². The van der Waals surface area contributed by atoms with Gasteiger partial charge in [-0.15, -0.1) is 11.8 Å². The lowest BCUT2D eigenvalue weighted by Crippen LogP contribution is -2.51. The van der Waals surface area contributed by atoms with Crippen LogP contribution in [0.3, 0.4) is 0 Å². The zero-order valence-corrected chi connectivity index (χ0v) is 30.2. The number of morpholine rings is 1. The minimum absolute atomic E-state index is 0.00653. The molecule has 0 aliphatic carbocycles. The summed E-state index contributed by atoms with van der Waals surface area (Å²) in [7, 11) is 0. The number of amides is 2. The number of aromatic nitrogens is 2. The number of nitrogens with zero attached hydrogens (tertiary/aromatic N) is 3. The van der Waals surface area contributed by atoms with Crippen LogP contribution in [-0.2, 0) is 16.1 Å². The van der Waals surface area contributed by atoms with Gasteiger partial charge in [-0.05, 0) is 71.1 Å². The minimum Gasteiger partial charge on any atom is -0.448 e. The highest BCUT2D eigenvalue weighted by Crippen LogP contribution is 2.52. The number of aromatic amines is 1. The average molecular weight is 730 g/mol. The lowest BCUT2D eigenvalue weighted by Gasteiger charge is -2.38. The SMILES string of the molecule is CSc1cc(C)[nH]c(=O)c1CNC(=O)c1cc(-c2ccc(N3CC(C)OC(C)C3)nc2)c2c(c1C)OC(C)(C1CCN(C(=O)C(F)(F)F)CC1)O2. The number of hydrogen-bond acceptors (Lipinski definition) is 9. The van der Waals surface area contributed by atoms with E-state index in [0.29, 0.717) is 58.1 Å². The van der Waals surface area contributed by atoms with E-state index in [1.807, 2.05) is 38.3 Å². The van der Waals surface area contributed by atoms with E-state index in [-0.39, 0.29) is 56.2 Å². The number of rotatable bonds is 7. The summed E-state index contributed by atoms with van der Waals surface area (Å²) >= 11 is 1.42. The van der Waals surface area contributed by atoms with Gasteiger partial charge in [0.2, 0.25) is 0 Å². The van der Waals surface area contributed by atoms with E-state index in [1.165, 1.54) is 11.8 Å². The summed E-state index contributed by atoms with van der Waals surface area (Å²) in [6.45, 7) is 10.5. The normalized spacial score (nSPS) is 22.3. The largest absolute Gasteiger partial charge is 0.471 e. The van der Waals surface area contributed by atoms with Gasteiger partial charge < -0.3 is 34.3 Å². The van der Waals surface area contributed by atoms with Crippen molar-refractivity contribution < 1.29 is 37.0 Å². The van der Waals surface area contributed by atoms with Crippen LogP contribution >= 0.6 is 11.8 Å². The van der Waals surface area contributed by atoms with Gasteiger partial charge in [0, 0.05) is 90.2 Å². The smallest absolute Gasteiger partial charge is 0.448 e. The highest BCUT2D eigenvalue weighted by molar-refractivity contribution is 7.98. The van der Waals surface area contributed by atoms with Gasteiger partial charge in [-0.1, -0.05) is 0 Å². The van der Waals surface area contributed by atoms with Crippen molar-refractivity contribution >= 4 is 29.4 Å². The van der Waals surface area contributed by atoms with Crippen molar-refractivity contribution in [3.05, 3.63) is 63.2 Å². The van der Waals surface area contributed by atoms with E-state index in [9.17, 15) is 27.6 Å². The van der Waals surface area contributed by atoms with Crippen LogP contribution < -0.4 is 25.2 Å². The third-order valence-corrected chi connectivity index (χ3v) is 10.6. The zero-order chi connectivity index (χ0) is 36.8. The maximum Gasteiger partial charge on any atom is 0.471 e. The Labute approximate surface area is 298 Å². The fraction of sp³-hybridized carbons (Fsp3) is 0.500. The molecular weight excluding hydrogens is 687 g/mol. The Balaban J connectivity index is 1.32. The monoisotopic (exact) mass is 729 g/mol. The summed E-state index contributed by atoms with van der Waals surface area (Å²) in [5.74, 6) is -2.41. The van der Waals surface area contributed by atoms with Crippen molar-refractivity contribution in [3.8, 4) is 22.6 Å². The summed E-state index contributed by atoms with van der Waals surface area (Å²) in [5.41, 5.74) is 2.89. The first kappa shape index (κ1) is 36.5. The fourth-order valence-corrected chi connectivity index (χ4v) is 7.89. The maximum atomic E-state index is 13.9. The van der Waals surface area contributed by atoms with Gasteiger partial charge >= 0.3 is 12.1 Å². The lowest BCUT2D eigenvalue weighted by atomic mass is 9.89. The number of aryl methyl sites for hydroxylation is 1. The van der Waals surface area contributed by atoms with Gasteiger partial charge in [-0.3, -0.25) is 14.4 Å². The Morgan fingerprint density at radius 1 is 1.08 bits per heavy atom. The standard InChI is InChI=1S/C36H42F3N5O6S/c1-19-13-28(51-6)27(33(46)42-19)16-41-32(45)25-14-26(23-7-8-29(40-15-23)44-17-20(2)48-21(3)18-44)31-30(22(25)4)49-35(5,50-31)24-9-11-43(12-10-24)34(47)36(37,38)39/h7-8,13-15,20-21,24H,9-12,16-18H2,1-6H3,(H,41,45)(H,42,46). The molecule has 0 radical (unpaired) electrons. The van der Waals surface area contributed by atoms with Crippen molar-refractivity contribution in [1.29, 1.82) is 0 Å². The minimum atomic E-state index is -4.94. The van der Waals surface area contributed by atoms with Gasteiger partial charge in [0.25, 0.3) is 17.3 Å². The Morgan fingerprint density at radius 3 is 2.35 bits per heavy atom. The number of carbonyl (C=O) groups is 2. The number of fused-ring (bicyclic) bond motifs is 1. The van der Waals surface area contributed by atoms with Crippen molar-refractivity contribution in [2.24, 2.45) is 5.92 Å². The molecule has 2 aromatic heterocycles. The highest BCUT2D eigenvalue weighted by Gasteiger charge is 2.50. The number of H-pyrrole nitrogens is 1. The molecule has 0 spiro atoms. The van der Waals surface area contributed by atoms with E-state index >= 15 is 0 Å². The third-order valence-electron chi connectivity index (χ3n) is 9.78. The summed E-state index contributed by atoms with van der Waals surface area (Å²) in [6.07, 6.45) is -0.831. The lowest BCUT2D eigenvalue weighted by molar-refractivity contribution is -0.189. The first-order valence-electron chi connectivity index (χ1n) is 16.9. The van der Waals surface area contributed by atoms with Crippen LogP contribution in [0.5, 0.6) is 11.5 Å². The molecule has 3 aliphatic rings. The van der Waals surface area contributed by atoms with Crippen molar-refractivity contribution in [2.75, 3.05) is 37.3 Å². The van der Waals surface area contributed by atoms with Gasteiger partial charge in [-0.2, -0.15) is 13.2 Å². The second kappa shape index (κ2) is 14.1. The number of anilines is 1. The molecule has 11 nitrogen and oxygen atoms in total. The molecule has 6 rings (SSSR count). The topological polar surface area (TPSA) is 126 Å². The van der Waals surface area contributed by atoms with Gasteiger partial charge in [0.15, 0.2) is 11.5 Å². The molecule has 3 aliphatic heterocycles. The van der Waals surface area contributed by atoms with Crippen LogP contribution in [0.15, 0.2) is 40.2 Å². The molecule has 5 heterocycles. The first-order valence-corrected chi connectivity index (χ1v) is 18.1. The fourth-order valence-electron chi connectivity index (χ4n) is 7.18. The number of ether oxygens (including phenoxy) is 3. The van der Waals surface area contributed by atoms with E-state index in [1.54, 1.807) is 33.0 Å². The Morgan fingerprint density at radius 2 is 1.75 bits per heavy atom. The molecule has 2 amide bonds. The van der Waals surface area contributed by atoms with E-state index in [4.69, 9.17) is 19.2 Å². The molecular formula is C36H42F3N5O6S. The van der Waals surface area contributed by atoms with E-state index < -0.39 is 23.8 Å². The van der Waals surface area contributed by atoms with E-state index in [0.717, 1.165) is 15.6 Å². The molecule has 1 aromatic carbocycles. The molecule has 15 heteroatoms. The molecule has 274 valence electrons.